The van der Waals surface area contributed by atoms with Crippen molar-refractivity contribution in [3.63, 3.8) is 0 Å². The van der Waals surface area contributed by atoms with E-state index >= 15 is 0 Å². The molecule has 1 fully saturated rings. The molecule has 0 aromatic heterocycles. The van der Waals surface area contributed by atoms with Crippen LogP contribution in [-0.4, -0.2) is 50.1 Å². The van der Waals surface area contributed by atoms with Crippen molar-refractivity contribution in [3.05, 3.63) is 30.1 Å². The minimum absolute atomic E-state index is 0.130. The van der Waals surface area contributed by atoms with Crippen molar-refractivity contribution in [3.8, 4) is 0 Å². The van der Waals surface area contributed by atoms with Gasteiger partial charge in [-0.25, -0.2) is 4.39 Å². The molecule has 0 bridgehead atoms. The molecular formula is C17H26FN3O. The average Bonchev–Trinajstić information content (AvgIpc) is 2.54. The fraction of sp³-hybridized carbons (Fsp3) is 0.588. The molecule has 1 amide bonds. The highest BCUT2D eigenvalue weighted by Crippen LogP contribution is 2.20. The Balaban J connectivity index is 1.69. The first-order valence-electron chi connectivity index (χ1n) is 8.19. The topological polar surface area (TPSA) is 35.6 Å². The van der Waals surface area contributed by atoms with Crippen molar-refractivity contribution in [2.24, 2.45) is 0 Å². The third-order valence-corrected chi connectivity index (χ3v) is 4.07. The lowest BCUT2D eigenvalue weighted by molar-refractivity contribution is -0.121. The molecule has 0 unspecified atom stereocenters. The van der Waals surface area contributed by atoms with Gasteiger partial charge in [-0.15, -0.1) is 0 Å². The van der Waals surface area contributed by atoms with Gasteiger partial charge < -0.3 is 10.2 Å². The summed E-state index contributed by atoms with van der Waals surface area (Å²) in [4.78, 5) is 16.0. The number of para-hydroxylation sites is 1. The zero-order valence-electron chi connectivity index (χ0n) is 13.4. The Bertz CT molecular complexity index is 473. The summed E-state index contributed by atoms with van der Waals surface area (Å²) in [7, 11) is 0. The van der Waals surface area contributed by atoms with Gasteiger partial charge in [-0.2, -0.15) is 0 Å². The Morgan fingerprint density at radius 3 is 2.64 bits per heavy atom. The van der Waals surface area contributed by atoms with Gasteiger partial charge in [-0.1, -0.05) is 25.5 Å². The van der Waals surface area contributed by atoms with Gasteiger partial charge in [0.05, 0.1) is 5.69 Å². The summed E-state index contributed by atoms with van der Waals surface area (Å²) in [5, 5.41) is 2.94. The van der Waals surface area contributed by atoms with E-state index < -0.39 is 0 Å². The summed E-state index contributed by atoms with van der Waals surface area (Å²) in [6.45, 7) is 7.02. The second kappa shape index (κ2) is 8.73. The van der Waals surface area contributed by atoms with Crippen LogP contribution in [-0.2, 0) is 4.79 Å². The Kier molecular flexibility index (Phi) is 6.65. The lowest BCUT2D eigenvalue weighted by Crippen LogP contribution is -2.47. The van der Waals surface area contributed by atoms with Crippen LogP contribution in [0.4, 0.5) is 10.1 Å². The highest BCUT2D eigenvalue weighted by molar-refractivity contribution is 5.76. The van der Waals surface area contributed by atoms with Crippen LogP contribution >= 0.6 is 0 Å². The maximum Gasteiger partial charge on any atom is 0.221 e. The Labute approximate surface area is 132 Å². The second-order valence-corrected chi connectivity index (χ2v) is 5.73. The second-order valence-electron chi connectivity index (χ2n) is 5.73. The minimum atomic E-state index is -0.161. The number of nitrogens with zero attached hydrogens (tertiary/aromatic N) is 2. The van der Waals surface area contributed by atoms with Crippen LogP contribution < -0.4 is 10.2 Å². The minimum Gasteiger partial charge on any atom is -0.367 e. The van der Waals surface area contributed by atoms with Crippen LogP contribution in [0.2, 0.25) is 0 Å². The predicted octanol–water partition coefficient (Wildman–Crippen LogP) is 2.25. The Hall–Kier alpha value is -1.62. The number of nitrogens with one attached hydrogen (secondary N) is 1. The molecule has 1 heterocycles. The van der Waals surface area contributed by atoms with E-state index in [1.165, 1.54) is 6.07 Å². The number of amides is 1. The van der Waals surface area contributed by atoms with E-state index in [0.29, 0.717) is 12.1 Å². The summed E-state index contributed by atoms with van der Waals surface area (Å²) in [6, 6.07) is 6.91. The molecule has 0 radical (unpaired) electrons. The maximum absolute atomic E-state index is 13.8. The molecule has 22 heavy (non-hydrogen) atoms. The van der Waals surface area contributed by atoms with E-state index in [4.69, 9.17) is 0 Å². The number of carbonyl (C=O) groups excluding carboxylic acids is 1. The lowest BCUT2D eigenvalue weighted by atomic mass is 10.2. The van der Waals surface area contributed by atoms with Gasteiger partial charge in [0.25, 0.3) is 0 Å². The van der Waals surface area contributed by atoms with Gasteiger partial charge >= 0.3 is 0 Å². The summed E-state index contributed by atoms with van der Waals surface area (Å²) in [6.07, 6.45) is 2.68. The normalized spacial score (nSPS) is 15.8. The molecule has 0 saturated carbocycles. The molecule has 1 N–H and O–H groups in total. The molecule has 122 valence electrons. The number of unbranched alkanes of at least 4 members (excludes halogenated alkanes) is 1. The zero-order chi connectivity index (χ0) is 15.8. The highest BCUT2D eigenvalue weighted by Gasteiger charge is 2.19. The van der Waals surface area contributed by atoms with Gasteiger partial charge in [-0.3, -0.25) is 9.69 Å². The van der Waals surface area contributed by atoms with Gasteiger partial charge in [0.15, 0.2) is 0 Å². The average molecular weight is 307 g/mol. The van der Waals surface area contributed by atoms with Gasteiger partial charge in [-0.05, 0) is 18.6 Å². The predicted molar refractivity (Wildman–Crippen MR) is 87.6 cm³/mol. The SMILES string of the molecule is CCCCNC(=O)CCN1CCN(c2ccccc2F)CC1. The molecule has 2 rings (SSSR count). The summed E-state index contributed by atoms with van der Waals surface area (Å²) >= 11 is 0. The number of carbonyl (C=O) groups is 1. The number of piperazine rings is 1. The summed E-state index contributed by atoms with van der Waals surface area (Å²) in [5.41, 5.74) is 0.680. The lowest BCUT2D eigenvalue weighted by Gasteiger charge is -2.36. The molecule has 0 atom stereocenters. The van der Waals surface area contributed by atoms with Gasteiger partial charge in [0.2, 0.25) is 5.91 Å². The van der Waals surface area contributed by atoms with E-state index in [1.54, 1.807) is 6.07 Å². The first-order chi connectivity index (χ1) is 10.7. The Morgan fingerprint density at radius 2 is 1.95 bits per heavy atom. The quantitative estimate of drug-likeness (QED) is 0.785. The third-order valence-electron chi connectivity index (χ3n) is 4.07. The van der Waals surface area contributed by atoms with Crippen molar-refractivity contribution in [2.75, 3.05) is 44.2 Å². The maximum atomic E-state index is 13.8. The van der Waals surface area contributed by atoms with Crippen LogP contribution in [0.25, 0.3) is 0 Å². The largest absolute Gasteiger partial charge is 0.367 e. The van der Waals surface area contributed by atoms with Crippen molar-refractivity contribution in [1.29, 1.82) is 0 Å². The zero-order valence-corrected chi connectivity index (χ0v) is 13.4. The van der Waals surface area contributed by atoms with E-state index in [0.717, 1.165) is 52.1 Å². The number of halogens is 1. The molecule has 1 aromatic carbocycles. The number of hydrogen-bond acceptors (Lipinski definition) is 3. The summed E-state index contributed by atoms with van der Waals surface area (Å²) < 4.78 is 13.8. The van der Waals surface area contributed by atoms with E-state index in [2.05, 4.69) is 22.0 Å². The third kappa shape index (κ3) is 4.98. The molecule has 1 aliphatic rings. The van der Waals surface area contributed by atoms with Crippen molar-refractivity contribution < 1.29 is 9.18 Å². The van der Waals surface area contributed by atoms with Gasteiger partial charge in [0, 0.05) is 45.7 Å². The van der Waals surface area contributed by atoms with Crippen LogP contribution in [0.5, 0.6) is 0 Å². The van der Waals surface area contributed by atoms with E-state index in [-0.39, 0.29) is 11.7 Å². The van der Waals surface area contributed by atoms with Crippen molar-refractivity contribution >= 4 is 11.6 Å². The molecule has 5 heteroatoms. The number of anilines is 1. The molecule has 4 nitrogen and oxygen atoms in total. The monoisotopic (exact) mass is 307 g/mol. The standard InChI is InChI=1S/C17H26FN3O/c1-2-3-9-19-17(22)8-10-20-11-13-21(14-12-20)16-7-5-4-6-15(16)18/h4-7H,2-3,8-14H2,1H3,(H,19,22). The fourth-order valence-electron chi connectivity index (χ4n) is 2.67. The Morgan fingerprint density at radius 1 is 1.23 bits per heavy atom. The highest BCUT2D eigenvalue weighted by atomic mass is 19.1. The first kappa shape index (κ1) is 16.7. The van der Waals surface area contributed by atoms with Crippen molar-refractivity contribution in [2.45, 2.75) is 26.2 Å². The number of hydrogen-bond donors (Lipinski definition) is 1. The molecule has 1 aromatic rings. The van der Waals surface area contributed by atoms with Crippen LogP contribution in [0.3, 0.4) is 0 Å². The summed E-state index contributed by atoms with van der Waals surface area (Å²) in [5.74, 6) is -0.0313. The van der Waals surface area contributed by atoms with Gasteiger partial charge in [0.1, 0.15) is 5.82 Å². The number of rotatable bonds is 7. The number of benzene rings is 1. The smallest absolute Gasteiger partial charge is 0.221 e. The van der Waals surface area contributed by atoms with Crippen LogP contribution in [0, 0.1) is 5.82 Å². The molecule has 0 spiro atoms. The molecule has 1 aliphatic heterocycles. The van der Waals surface area contributed by atoms with E-state index in [9.17, 15) is 9.18 Å². The molecular weight excluding hydrogens is 281 g/mol. The van der Waals surface area contributed by atoms with Crippen LogP contribution in [0.1, 0.15) is 26.2 Å². The molecule has 0 aliphatic carbocycles. The van der Waals surface area contributed by atoms with Crippen molar-refractivity contribution in [1.82, 2.24) is 10.2 Å². The first-order valence-corrected chi connectivity index (χ1v) is 8.19. The molecule has 1 saturated heterocycles. The van der Waals surface area contributed by atoms with Crippen LogP contribution in [0.15, 0.2) is 24.3 Å². The van der Waals surface area contributed by atoms with E-state index in [1.807, 2.05) is 12.1 Å². The fourth-order valence-corrected chi connectivity index (χ4v) is 2.67.